The number of anilines is 1. The molecular formula is C21H23ClFNO4S. The summed E-state index contributed by atoms with van der Waals surface area (Å²) in [7, 11) is 1.23. The van der Waals surface area contributed by atoms with Crippen molar-refractivity contribution in [1.29, 1.82) is 0 Å². The third-order valence-electron chi connectivity index (χ3n) is 4.06. The van der Waals surface area contributed by atoms with E-state index < -0.39 is 17.7 Å². The molecule has 2 aromatic rings. The number of benzene rings is 2. The average molecular weight is 440 g/mol. The van der Waals surface area contributed by atoms with Gasteiger partial charge in [0, 0.05) is 18.4 Å². The first-order valence-electron chi connectivity index (χ1n) is 8.71. The number of halogens is 2. The van der Waals surface area contributed by atoms with E-state index in [2.05, 4.69) is 0 Å². The Morgan fingerprint density at radius 2 is 1.79 bits per heavy atom. The molecule has 0 saturated carbocycles. The van der Waals surface area contributed by atoms with Crippen LogP contribution in [0.25, 0.3) is 0 Å². The first kappa shape index (κ1) is 24.7. The maximum absolute atomic E-state index is 13.7. The van der Waals surface area contributed by atoms with Crippen molar-refractivity contribution in [2.24, 2.45) is 5.92 Å². The second-order valence-electron chi connectivity index (χ2n) is 6.17. The molecule has 0 heterocycles. The van der Waals surface area contributed by atoms with E-state index in [-0.39, 0.29) is 41.4 Å². The SMILES string of the molecule is COC(=O)CN(C(=O)C(CSC(C)=O)Cc1ccccc1)c1cccc(F)c1.Cl. The Hall–Kier alpha value is -2.38. The Kier molecular flexibility index (Phi) is 10.4. The van der Waals surface area contributed by atoms with Gasteiger partial charge in [-0.15, -0.1) is 12.4 Å². The molecule has 29 heavy (non-hydrogen) atoms. The molecule has 2 rings (SSSR count). The molecule has 0 aliphatic heterocycles. The normalized spacial score (nSPS) is 11.1. The van der Waals surface area contributed by atoms with Gasteiger partial charge < -0.3 is 9.64 Å². The van der Waals surface area contributed by atoms with E-state index >= 15 is 0 Å². The van der Waals surface area contributed by atoms with Gasteiger partial charge in [0.1, 0.15) is 12.4 Å². The van der Waals surface area contributed by atoms with E-state index in [1.54, 1.807) is 6.07 Å². The number of methoxy groups -OCH3 is 1. The van der Waals surface area contributed by atoms with Crippen molar-refractivity contribution in [1.82, 2.24) is 0 Å². The van der Waals surface area contributed by atoms with Crippen molar-refractivity contribution in [2.75, 3.05) is 24.3 Å². The Morgan fingerprint density at radius 3 is 2.38 bits per heavy atom. The van der Waals surface area contributed by atoms with Gasteiger partial charge >= 0.3 is 5.97 Å². The lowest BCUT2D eigenvalue weighted by Gasteiger charge is -2.26. The van der Waals surface area contributed by atoms with E-state index in [4.69, 9.17) is 4.74 Å². The molecule has 0 aromatic heterocycles. The van der Waals surface area contributed by atoms with Gasteiger partial charge in [0.15, 0.2) is 5.12 Å². The fourth-order valence-electron chi connectivity index (χ4n) is 2.69. The molecule has 2 aromatic carbocycles. The summed E-state index contributed by atoms with van der Waals surface area (Å²) >= 11 is 1.05. The van der Waals surface area contributed by atoms with Crippen molar-refractivity contribution in [2.45, 2.75) is 13.3 Å². The second kappa shape index (κ2) is 12.2. The Balaban J connectivity index is 0.00000420. The van der Waals surface area contributed by atoms with Crippen LogP contribution in [0.4, 0.5) is 10.1 Å². The van der Waals surface area contributed by atoms with Crippen LogP contribution in [0.2, 0.25) is 0 Å². The molecule has 0 spiro atoms. The highest BCUT2D eigenvalue weighted by Gasteiger charge is 2.28. The summed E-state index contributed by atoms with van der Waals surface area (Å²) in [6.45, 7) is 1.10. The molecule has 1 amide bonds. The van der Waals surface area contributed by atoms with Crippen LogP contribution in [0, 0.1) is 11.7 Å². The van der Waals surface area contributed by atoms with E-state index in [1.807, 2.05) is 30.3 Å². The summed E-state index contributed by atoms with van der Waals surface area (Å²) in [6.07, 6.45) is 0.396. The Labute approximate surface area is 180 Å². The zero-order chi connectivity index (χ0) is 20.5. The highest BCUT2D eigenvalue weighted by molar-refractivity contribution is 8.13. The van der Waals surface area contributed by atoms with Gasteiger partial charge in [-0.05, 0) is 30.2 Å². The Morgan fingerprint density at radius 1 is 1.10 bits per heavy atom. The van der Waals surface area contributed by atoms with Crippen molar-refractivity contribution in [3.8, 4) is 0 Å². The van der Waals surface area contributed by atoms with Crippen LogP contribution in [0.3, 0.4) is 0 Å². The van der Waals surface area contributed by atoms with E-state index in [9.17, 15) is 18.8 Å². The monoisotopic (exact) mass is 439 g/mol. The van der Waals surface area contributed by atoms with Crippen LogP contribution in [-0.4, -0.2) is 36.4 Å². The van der Waals surface area contributed by atoms with Gasteiger partial charge in [0.05, 0.1) is 13.0 Å². The zero-order valence-corrected chi connectivity index (χ0v) is 17.8. The van der Waals surface area contributed by atoms with Crippen molar-refractivity contribution in [3.63, 3.8) is 0 Å². The number of carbonyl (C=O) groups excluding carboxylic acids is 3. The first-order chi connectivity index (χ1) is 13.4. The molecule has 0 saturated heterocycles. The number of carbonyl (C=O) groups is 3. The molecular weight excluding hydrogens is 417 g/mol. The summed E-state index contributed by atoms with van der Waals surface area (Å²) in [5, 5.41) is -0.101. The van der Waals surface area contributed by atoms with Crippen molar-refractivity contribution >= 4 is 46.8 Å². The third-order valence-corrected chi connectivity index (χ3v) is 5.04. The molecule has 5 nitrogen and oxygen atoms in total. The van der Waals surface area contributed by atoms with E-state index in [0.29, 0.717) is 6.42 Å². The van der Waals surface area contributed by atoms with Crippen LogP contribution >= 0.6 is 24.2 Å². The van der Waals surface area contributed by atoms with Crippen LogP contribution < -0.4 is 4.90 Å². The summed E-state index contributed by atoms with van der Waals surface area (Å²) in [5.41, 5.74) is 1.20. The molecule has 0 fully saturated rings. The maximum atomic E-state index is 13.7. The highest BCUT2D eigenvalue weighted by Crippen LogP contribution is 2.23. The molecule has 0 bridgehead atoms. The fraction of sp³-hybridized carbons (Fsp3) is 0.286. The van der Waals surface area contributed by atoms with Gasteiger partial charge in [-0.1, -0.05) is 48.2 Å². The number of hydrogen-bond acceptors (Lipinski definition) is 5. The van der Waals surface area contributed by atoms with Crippen LogP contribution in [0.15, 0.2) is 54.6 Å². The van der Waals surface area contributed by atoms with Crippen LogP contribution in [0.5, 0.6) is 0 Å². The smallest absolute Gasteiger partial charge is 0.325 e. The number of thioether (sulfide) groups is 1. The Bertz CT molecular complexity index is 834. The lowest BCUT2D eigenvalue weighted by molar-refractivity contribution is -0.140. The summed E-state index contributed by atoms with van der Waals surface area (Å²) in [6, 6.07) is 14.9. The van der Waals surface area contributed by atoms with Crippen LogP contribution in [0.1, 0.15) is 12.5 Å². The van der Waals surface area contributed by atoms with Gasteiger partial charge in [-0.3, -0.25) is 14.4 Å². The molecule has 1 unspecified atom stereocenters. The second-order valence-corrected chi connectivity index (χ2v) is 7.37. The first-order valence-corrected chi connectivity index (χ1v) is 9.70. The van der Waals surface area contributed by atoms with Crippen molar-refractivity contribution < 1.29 is 23.5 Å². The topological polar surface area (TPSA) is 63.7 Å². The minimum atomic E-state index is -0.615. The van der Waals surface area contributed by atoms with E-state index in [1.165, 1.54) is 37.1 Å². The number of amides is 1. The van der Waals surface area contributed by atoms with E-state index in [0.717, 1.165) is 17.3 Å². The lowest BCUT2D eigenvalue weighted by Crippen LogP contribution is -2.42. The minimum absolute atomic E-state index is 0. The van der Waals surface area contributed by atoms with Gasteiger partial charge in [-0.2, -0.15) is 0 Å². The standard InChI is InChI=1S/C21H22FNO4S.ClH/c1-15(24)28-14-17(11-16-7-4-3-5-8-16)21(26)23(13-20(25)27-2)19-10-6-9-18(22)12-19;/h3-10,12,17H,11,13-14H2,1-2H3;1H. The molecule has 0 aliphatic carbocycles. The number of nitrogens with zero attached hydrogens (tertiary/aromatic N) is 1. The highest BCUT2D eigenvalue weighted by atomic mass is 35.5. The van der Waals surface area contributed by atoms with Gasteiger partial charge in [0.2, 0.25) is 5.91 Å². The molecule has 1 atom stereocenters. The zero-order valence-electron chi connectivity index (χ0n) is 16.2. The maximum Gasteiger partial charge on any atom is 0.325 e. The molecule has 0 N–H and O–H groups in total. The predicted molar refractivity (Wildman–Crippen MR) is 115 cm³/mol. The molecule has 156 valence electrons. The minimum Gasteiger partial charge on any atom is -0.468 e. The van der Waals surface area contributed by atoms with Crippen LogP contribution in [-0.2, 0) is 25.5 Å². The average Bonchev–Trinajstić information content (AvgIpc) is 2.69. The molecule has 0 aliphatic rings. The number of hydrogen-bond donors (Lipinski definition) is 0. The quantitative estimate of drug-likeness (QED) is 0.584. The fourth-order valence-corrected chi connectivity index (χ4v) is 3.38. The predicted octanol–water partition coefficient (Wildman–Crippen LogP) is 3.89. The summed E-state index contributed by atoms with van der Waals surface area (Å²) < 4.78 is 18.4. The van der Waals surface area contributed by atoms with Gasteiger partial charge in [-0.25, -0.2) is 4.39 Å². The summed E-state index contributed by atoms with van der Waals surface area (Å²) in [4.78, 5) is 37.8. The lowest BCUT2D eigenvalue weighted by atomic mass is 9.99. The number of esters is 1. The summed E-state index contributed by atoms with van der Waals surface area (Å²) in [5.74, 6) is -1.80. The molecule has 8 heteroatoms. The molecule has 0 radical (unpaired) electrons. The van der Waals surface area contributed by atoms with Crippen molar-refractivity contribution in [3.05, 3.63) is 66.0 Å². The number of rotatable bonds is 8. The largest absolute Gasteiger partial charge is 0.468 e. The third kappa shape index (κ3) is 7.87. The number of ether oxygens (including phenoxy) is 1. The van der Waals surface area contributed by atoms with Gasteiger partial charge in [0.25, 0.3) is 0 Å².